The predicted octanol–water partition coefficient (Wildman–Crippen LogP) is 4.47. The second kappa shape index (κ2) is 10.2. The van der Waals surface area contributed by atoms with E-state index in [1.54, 1.807) is 12.5 Å². The minimum atomic E-state index is -0.228. The van der Waals surface area contributed by atoms with E-state index in [1.165, 1.54) is 12.4 Å². The van der Waals surface area contributed by atoms with Gasteiger partial charge < -0.3 is 19.9 Å². The van der Waals surface area contributed by atoms with Crippen LogP contribution >= 0.6 is 0 Å². The fraction of sp³-hybridized carbons (Fsp3) is 0.111. The molecule has 10 nitrogen and oxygen atoms in total. The third-order valence-electron chi connectivity index (χ3n) is 5.56. The van der Waals surface area contributed by atoms with E-state index in [-0.39, 0.29) is 5.91 Å². The molecule has 0 radical (unpaired) electrons. The minimum Gasteiger partial charge on any atom is -0.455 e. The molecule has 37 heavy (non-hydrogen) atoms. The Morgan fingerprint density at radius 1 is 1.11 bits per heavy atom. The summed E-state index contributed by atoms with van der Waals surface area (Å²) < 4.78 is 7.93. The van der Waals surface area contributed by atoms with Gasteiger partial charge in [0, 0.05) is 25.3 Å². The first kappa shape index (κ1) is 23.6. The monoisotopic (exact) mass is 492 g/mol. The quantitative estimate of drug-likeness (QED) is 0.305. The molecule has 1 aromatic carbocycles. The molecule has 5 rings (SSSR count). The van der Waals surface area contributed by atoms with Crippen LogP contribution in [0, 0.1) is 6.92 Å². The molecule has 0 unspecified atom stereocenters. The Balaban J connectivity index is 1.34. The van der Waals surface area contributed by atoms with Crippen molar-refractivity contribution in [3.05, 3.63) is 85.2 Å². The number of hydrogen-bond acceptors (Lipinski definition) is 8. The fourth-order valence-corrected chi connectivity index (χ4v) is 3.71. The van der Waals surface area contributed by atoms with E-state index in [4.69, 9.17) is 4.74 Å². The van der Waals surface area contributed by atoms with Crippen molar-refractivity contribution in [1.82, 2.24) is 34.8 Å². The smallest absolute Gasteiger partial charge is 0.243 e. The lowest BCUT2D eigenvalue weighted by Gasteiger charge is -2.12. The van der Waals surface area contributed by atoms with Gasteiger partial charge >= 0.3 is 0 Å². The summed E-state index contributed by atoms with van der Waals surface area (Å²) in [6, 6.07) is 11.4. The van der Waals surface area contributed by atoms with Crippen molar-refractivity contribution in [2.45, 2.75) is 6.92 Å². The molecular weight excluding hydrogens is 468 g/mol. The molecule has 0 saturated heterocycles. The van der Waals surface area contributed by atoms with Gasteiger partial charge in [0.05, 0.1) is 23.7 Å². The Bertz CT molecular complexity index is 1660. The lowest BCUT2D eigenvalue weighted by Crippen LogP contribution is -2.20. The molecule has 5 aromatic rings. The van der Waals surface area contributed by atoms with Crippen LogP contribution in [-0.4, -0.2) is 41.9 Å². The molecule has 0 aliphatic carbocycles. The van der Waals surface area contributed by atoms with Crippen LogP contribution in [0.4, 0.5) is 11.5 Å². The van der Waals surface area contributed by atoms with E-state index in [0.29, 0.717) is 34.9 Å². The Morgan fingerprint density at radius 3 is 2.84 bits per heavy atom. The average molecular weight is 493 g/mol. The number of carbonyl (C=O) groups excluding carboxylic acids is 1. The summed E-state index contributed by atoms with van der Waals surface area (Å²) in [5.74, 6) is 1.68. The van der Waals surface area contributed by atoms with Crippen LogP contribution in [0.5, 0.6) is 11.5 Å². The number of nitrogens with zero attached hydrogens (tertiary/aromatic N) is 6. The number of aromatic nitrogens is 6. The van der Waals surface area contributed by atoms with Gasteiger partial charge in [-0.25, -0.2) is 24.9 Å². The number of carbonyl (C=O) groups is 1. The zero-order valence-electron chi connectivity index (χ0n) is 20.3. The standard InChI is InChI=1S/C27H24N8O2/c1-4-24(36)28-11-5-6-18-7-9-21-25(33-18)26(31-15-30-21)34-19-8-10-23(17(2)12-19)37-20-13-22-27(29-14-20)35(3)16-32-22/h4-10,12-16H,1,11H2,2-3H3,(H,28,36)(H,30,31,34)/b6-5+. The number of ether oxygens (including phenoxy) is 1. The van der Waals surface area contributed by atoms with Gasteiger partial charge in [-0.2, -0.15) is 0 Å². The molecule has 4 heterocycles. The zero-order chi connectivity index (χ0) is 25.8. The molecular formula is C27H24N8O2. The molecule has 0 fully saturated rings. The van der Waals surface area contributed by atoms with E-state index in [1.807, 2.05) is 67.1 Å². The first-order chi connectivity index (χ1) is 18.0. The minimum absolute atomic E-state index is 0.228. The molecule has 0 spiro atoms. The molecule has 0 aliphatic rings. The molecule has 4 aromatic heterocycles. The highest BCUT2D eigenvalue weighted by Gasteiger charge is 2.10. The Labute approximate surface area is 212 Å². The molecule has 0 atom stereocenters. The van der Waals surface area contributed by atoms with E-state index < -0.39 is 0 Å². The maximum absolute atomic E-state index is 11.3. The van der Waals surface area contributed by atoms with E-state index in [9.17, 15) is 4.79 Å². The van der Waals surface area contributed by atoms with Crippen LogP contribution in [0.15, 0.2) is 74.0 Å². The highest BCUT2D eigenvalue weighted by Crippen LogP contribution is 2.30. The number of nitrogens with one attached hydrogen (secondary N) is 2. The summed E-state index contributed by atoms with van der Waals surface area (Å²) in [4.78, 5) is 33.4. The Hall–Kier alpha value is -5.12. The van der Waals surface area contributed by atoms with Crippen molar-refractivity contribution in [2.75, 3.05) is 11.9 Å². The van der Waals surface area contributed by atoms with Crippen LogP contribution in [0.1, 0.15) is 11.3 Å². The van der Waals surface area contributed by atoms with Gasteiger partial charge in [0.1, 0.15) is 28.9 Å². The van der Waals surface area contributed by atoms with Gasteiger partial charge in [-0.3, -0.25) is 4.79 Å². The number of rotatable bonds is 8. The fourth-order valence-electron chi connectivity index (χ4n) is 3.71. The molecule has 0 bridgehead atoms. The number of amides is 1. The summed E-state index contributed by atoms with van der Waals surface area (Å²) in [5, 5.41) is 6.03. The highest BCUT2D eigenvalue weighted by molar-refractivity contribution is 5.88. The van der Waals surface area contributed by atoms with Crippen LogP contribution in [0.2, 0.25) is 0 Å². The number of hydrogen-bond donors (Lipinski definition) is 2. The highest BCUT2D eigenvalue weighted by atomic mass is 16.5. The van der Waals surface area contributed by atoms with E-state index >= 15 is 0 Å². The summed E-state index contributed by atoms with van der Waals surface area (Å²) in [6.45, 7) is 5.78. The van der Waals surface area contributed by atoms with Crippen molar-refractivity contribution in [3.8, 4) is 11.5 Å². The summed E-state index contributed by atoms with van der Waals surface area (Å²) in [5.41, 5.74) is 5.40. The second-order valence-corrected chi connectivity index (χ2v) is 8.25. The summed E-state index contributed by atoms with van der Waals surface area (Å²) in [7, 11) is 1.90. The van der Waals surface area contributed by atoms with Gasteiger partial charge in [-0.05, 0) is 55.0 Å². The van der Waals surface area contributed by atoms with Crippen molar-refractivity contribution in [3.63, 3.8) is 0 Å². The number of anilines is 2. The van der Waals surface area contributed by atoms with Gasteiger partial charge in [0.2, 0.25) is 5.91 Å². The zero-order valence-corrected chi connectivity index (χ0v) is 20.3. The van der Waals surface area contributed by atoms with Crippen molar-refractivity contribution < 1.29 is 9.53 Å². The largest absolute Gasteiger partial charge is 0.455 e. The first-order valence-corrected chi connectivity index (χ1v) is 11.5. The maximum Gasteiger partial charge on any atom is 0.243 e. The Morgan fingerprint density at radius 2 is 2.00 bits per heavy atom. The topological polar surface area (TPSA) is 120 Å². The first-order valence-electron chi connectivity index (χ1n) is 11.5. The van der Waals surface area contributed by atoms with Crippen molar-refractivity contribution in [2.24, 2.45) is 7.05 Å². The van der Waals surface area contributed by atoms with Gasteiger partial charge in [0.15, 0.2) is 11.5 Å². The number of pyridine rings is 2. The second-order valence-electron chi connectivity index (χ2n) is 8.25. The summed E-state index contributed by atoms with van der Waals surface area (Å²) in [6.07, 6.45) is 9.78. The molecule has 10 heteroatoms. The lowest BCUT2D eigenvalue weighted by molar-refractivity contribution is -0.116. The van der Waals surface area contributed by atoms with Gasteiger partial charge in [-0.15, -0.1) is 0 Å². The van der Waals surface area contributed by atoms with Crippen LogP contribution < -0.4 is 15.4 Å². The maximum atomic E-state index is 11.3. The normalized spacial score (nSPS) is 11.2. The number of fused-ring (bicyclic) bond motifs is 2. The number of imidazole rings is 1. The number of benzene rings is 1. The molecule has 0 saturated carbocycles. The third kappa shape index (κ3) is 5.27. The molecule has 1 amide bonds. The van der Waals surface area contributed by atoms with Crippen LogP contribution in [0.3, 0.4) is 0 Å². The molecule has 184 valence electrons. The number of aryl methyl sites for hydroxylation is 2. The van der Waals surface area contributed by atoms with Crippen LogP contribution in [-0.2, 0) is 11.8 Å². The molecule has 2 N–H and O–H groups in total. The third-order valence-corrected chi connectivity index (χ3v) is 5.56. The van der Waals surface area contributed by atoms with Gasteiger partial charge in [0.25, 0.3) is 0 Å². The summed E-state index contributed by atoms with van der Waals surface area (Å²) >= 11 is 0. The Kier molecular flexibility index (Phi) is 6.54. The van der Waals surface area contributed by atoms with E-state index in [0.717, 1.165) is 28.1 Å². The predicted molar refractivity (Wildman–Crippen MR) is 143 cm³/mol. The van der Waals surface area contributed by atoms with E-state index in [2.05, 4.69) is 42.1 Å². The lowest BCUT2D eigenvalue weighted by atomic mass is 10.2. The molecule has 0 aliphatic heterocycles. The SMILES string of the molecule is C=CC(=O)NC/C=C/c1ccc2ncnc(Nc3ccc(Oc4cnc5c(c4)ncn5C)c(C)c3)c2n1. The van der Waals surface area contributed by atoms with Gasteiger partial charge in [-0.1, -0.05) is 12.7 Å². The average Bonchev–Trinajstić information content (AvgIpc) is 3.28. The van der Waals surface area contributed by atoms with Crippen molar-refractivity contribution >= 4 is 45.7 Å². The van der Waals surface area contributed by atoms with Crippen molar-refractivity contribution in [1.29, 1.82) is 0 Å². The van der Waals surface area contributed by atoms with Crippen LogP contribution in [0.25, 0.3) is 28.3 Å².